The van der Waals surface area contributed by atoms with Crippen molar-refractivity contribution in [2.75, 3.05) is 12.4 Å². The Hall–Kier alpha value is -1.29. The number of hydrogen-bond donors (Lipinski definition) is 2. The first-order valence-electron chi connectivity index (χ1n) is 6.89. The maximum absolute atomic E-state index is 13.6. The molecule has 2 rings (SSSR count). The molecule has 0 bridgehead atoms. The Morgan fingerprint density at radius 1 is 1.35 bits per heavy atom. The lowest BCUT2D eigenvalue weighted by Gasteiger charge is -2.35. The number of carbonyl (C=O) groups excluding carboxylic acids is 1. The number of hydrogen-bond acceptors (Lipinski definition) is 2. The number of benzene rings is 1. The molecule has 0 unspecified atom stereocenters. The number of alkyl halides is 1. The van der Waals surface area contributed by atoms with Crippen LogP contribution in [0.4, 0.5) is 4.39 Å². The van der Waals surface area contributed by atoms with E-state index in [0.29, 0.717) is 12.4 Å². The average Bonchev–Trinajstić information content (AvgIpc) is 2.46. The average molecular weight is 300 g/mol. The monoisotopic (exact) mass is 299 g/mol. The van der Waals surface area contributed by atoms with Crippen molar-refractivity contribution in [3.8, 4) is 5.75 Å². The normalized spacial score (nSPS) is 17.7. The summed E-state index contributed by atoms with van der Waals surface area (Å²) in [5.41, 5.74) is -0.119. The highest BCUT2D eigenvalue weighted by Crippen LogP contribution is 2.36. The van der Waals surface area contributed by atoms with Crippen molar-refractivity contribution < 1.29 is 14.3 Å². The SMILES string of the molecule is O=C(NCC1(CCl)CCCCC1)c1ccc(O)cc1F. The van der Waals surface area contributed by atoms with E-state index in [9.17, 15) is 9.18 Å². The van der Waals surface area contributed by atoms with E-state index in [2.05, 4.69) is 5.32 Å². The molecule has 1 aromatic rings. The highest BCUT2D eigenvalue weighted by Gasteiger charge is 2.31. The van der Waals surface area contributed by atoms with Crippen LogP contribution < -0.4 is 5.32 Å². The van der Waals surface area contributed by atoms with Gasteiger partial charge in [0.1, 0.15) is 11.6 Å². The molecule has 1 aromatic carbocycles. The lowest BCUT2D eigenvalue weighted by Crippen LogP contribution is -2.40. The molecule has 0 spiro atoms. The maximum atomic E-state index is 13.6. The van der Waals surface area contributed by atoms with E-state index in [0.717, 1.165) is 31.7 Å². The van der Waals surface area contributed by atoms with Gasteiger partial charge in [0.25, 0.3) is 5.91 Å². The largest absolute Gasteiger partial charge is 0.508 e. The van der Waals surface area contributed by atoms with Crippen LogP contribution in [0.3, 0.4) is 0 Å². The van der Waals surface area contributed by atoms with E-state index in [-0.39, 0.29) is 16.7 Å². The van der Waals surface area contributed by atoms with Crippen molar-refractivity contribution in [1.29, 1.82) is 0 Å². The number of amides is 1. The Morgan fingerprint density at radius 2 is 2.05 bits per heavy atom. The third-order valence-electron chi connectivity index (χ3n) is 4.02. The zero-order chi connectivity index (χ0) is 14.6. The third-order valence-corrected chi connectivity index (χ3v) is 4.59. The van der Waals surface area contributed by atoms with Crippen molar-refractivity contribution in [3.63, 3.8) is 0 Å². The second-order valence-electron chi connectivity index (χ2n) is 5.54. The first-order chi connectivity index (χ1) is 9.56. The predicted molar refractivity (Wildman–Crippen MR) is 76.6 cm³/mol. The molecular formula is C15H19ClFNO2. The number of phenols is 1. The summed E-state index contributed by atoms with van der Waals surface area (Å²) in [6.07, 6.45) is 5.44. The Balaban J connectivity index is 2.00. The quantitative estimate of drug-likeness (QED) is 0.837. The van der Waals surface area contributed by atoms with Crippen LogP contribution in [0.1, 0.15) is 42.5 Å². The fourth-order valence-electron chi connectivity index (χ4n) is 2.71. The van der Waals surface area contributed by atoms with E-state index >= 15 is 0 Å². The first-order valence-corrected chi connectivity index (χ1v) is 7.42. The highest BCUT2D eigenvalue weighted by atomic mass is 35.5. The number of carbonyl (C=O) groups is 1. The molecule has 1 amide bonds. The van der Waals surface area contributed by atoms with E-state index < -0.39 is 11.7 Å². The summed E-state index contributed by atoms with van der Waals surface area (Å²) in [4.78, 5) is 12.0. The van der Waals surface area contributed by atoms with Crippen LogP contribution in [0.5, 0.6) is 5.75 Å². The van der Waals surface area contributed by atoms with Crippen LogP contribution in [0.2, 0.25) is 0 Å². The van der Waals surface area contributed by atoms with Gasteiger partial charge < -0.3 is 10.4 Å². The minimum atomic E-state index is -0.717. The second kappa shape index (κ2) is 6.44. The Labute approximate surface area is 123 Å². The standard InChI is InChI=1S/C15H19ClFNO2/c16-9-15(6-2-1-3-7-15)10-18-14(20)12-5-4-11(19)8-13(12)17/h4-5,8,19H,1-3,6-7,9-10H2,(H,18,20). The minimum absolute atomic E-state index is 0.0525. The van der Waals surface area contributed by atoms with Gasteiger partial charge in [-0.25, -0.2) is 4.39 Å². The molecule has 0 radical (unpaired) electrons. The first kappa shape index (κ1) is 15.1. The molecule has 110 valence electrons. The predicted octanol–water partition coefficient (Wildman–Crippen LogP) is 3.45. The van der Waals surface area contributed by atoms with Crippen LogP contribution >= 0.6 is 11.6 Å². The molecule has 3 nitrogen and oxygen atoms in total. The van der Waals surface area contributed by atoms with Crippen molar-refractivity contribution in [2.45, 2.75) is 32.1 Å². The molecule has 0 aliphatic heterocycles. The van der Waals surface area contributed by atoms with Crippen LogP contribution in [0.25, 0.3) is 0 Å². The Kier molecular flexibility index (Phi) is 4.86. The molecule has 20 heavy (non-hydrogen) atoms. The topological polar surface area (TPSA) is 49.3 Å². The molecule has 0 aromatic heterocycles. The summed E-state index contributed by atoms with van der Waals surface area (Å²) in [6.45, 7) is 0.468. The van der Waals surface area contributed by atoms with Crippen molar-refractivity contribution in [2.24, 2.45) is 5.41 Å². The fourth-order valence-corrected chi connectivity index (χ4v) is 3.07. The molecule has 0 heterocycles. The van der Waals surface area contributed by atoms with Gasteiger partial charge >= 0.3 is 0 Å². The van der Waals surface area contributed by atoms with Gasteiger partial charge in [-0.05, 0) is 25.0 Å². The van der Waals surface area contributed by atoms with Gasteiger partial charge in [-0.1, -0.05) is 19.3 Å². The molecule has 0 atom stereocenters. The smallest absolute Gasteiger partial charge is 0.254 e. The van der Waals surface area contributed by atoms with Crippen molar-refractivity contribution in [1.82, 2.24) is 5.32 Å². The number of rotatable bonds is 4. The van der Waals surface area contributed by atoms with Gasteiger partial charge in [-0.15, -0.1) is 11.6 Å². The Morgan fingerprint density at radius 3 is 2.65 bits per heavy atom. The van der Waals surface area contributed by atoms with Crippen LogP contribution in [-0.4, -0.2) is 23.4 Å². The van der Waals surface area contributed by atoms with E-state index in [4.69, 9.17) is 16.7 Å². The van der Waals surface area contributed by atoms with Crippen molar-refractivity contribution in [3.05, 3.63) is 29.6 Å². The second-order valence-corrected chi connectivity index (χ2v) is 5.81. The zero-order valence-corrected chi connectivity index (χ0v) is 12.0. The summed E-state index contributed by atoms with van der Waals surface area (Å²) >= 11 is 6.06. The van der Waals surface area contributed by atoms with Gasteiger partial charge in [0.2, 0.25) is 0 Å². The summed E-state index contributed by atoms with van der Waals surface area (Å²) in [5, 5.41) is 11.9. The van der Waals surface area contributed by atoms with Crippen LogP contribution in [0, 0.1) is 11.2 Å². The zero-order valence-electron chi connectivity index (χ0n) is 11.3. The molecular weight excluding hydrogens is 281 g/mol. The molecule has 1 saturated carbocycles. The van der Waals surface area contributed by atoms with Gasteiger partial charge in [0.05, 0.1) is 5.56 Å². The van der Waals surface area contributed by atoms with Gasteiger partial charge in [-0.2, -0.15) is 0 Å². The number of halogens is 2. The summed E-state index contributed by atoms with van der Waals surface area (Å²) < 4.78 is 13.6. The third kappa shape index (κ3) is 3.42. The molecule has 1 aliphatic rings. The number of aromatic hydroxyl groups is 1. The van der Waals surface area contributed by atoms with Gasteiger partial charge in [-0.3, -0.25) is 4.79 Å². The lowest BCUT2D eigenvalue weighted by molar-refractivity contribution is 0.0917. The molecule has 0 saturated heterocycles. The molecule has 2 N–H and O–H groups in total. The van der Waals surface area contributed by atoms with E-state index in [1.807, 2.05) is 0 Å². The summed E-state index contributed by atoms with van der Waals surface area (Å²) in [6, 6.07) is 3.52. The molecule has 1 aliphatic carbocycles. The van der Waals surface area contributed by atoms with Gasteiger partial charge in [0.15, 0.2) is 0 Å². The number of nitrogens with one attached hydrogen (secondary N) is 1. The van der Waals surface area contributed by atoms with Gasteiger partial charge in [0, 0.05) is 23.9 Å². The molecule has 1 fully saturated rings. The highest BCUT2D eigenvalue weighted by molar-refractivity contribution is 6.18. The number of phenolic OH excluding ortho intramolecular Hbond substituents is 1. The lowest BCUT2D eigenvalue weighted by atomic mass is 9.75. The summed E-state index contributed by atoms with van der Waals surface area (Å²) in [5.74, 6) is -0.863. The van der Waals surface area contributed by atoms with Crippen LogP contribution in [-0.2, 0) is 0 Å². The maximum Gasteiger partial charge on any atom is 0.254 e. The Bertz CT molecular complexity index is 487. The van der Waals surface area contributed by atoms with Crippen molar-refractivity contribution >= 4 is 17.5 Å². The van der Waals surface area contributed by atoms with E-state index in [1.54, 1.807) is 0 Å². The summed E-state index contributed by atoms with van der Waals surface area (Å²) in [7, 11) is 0. The molecule has 5 heteroatoms. The van der Waals surface area contributed by atoms with E-state index in [1.165, 1.54) is 18.6 Å². The minimum Gasteiger partial charge on any atom is -0.508 e. The van der Waals surface area contributed by atoms with Crippen LogP contribution in [0.15, 0.2) is 18.2 Å². The fraction of sp³-hybridized carbons (Fsp3) is 0.533.